The number of rotatable bonds is 8. The minimum Gasteiger partial charge on any atom is -0.487 e. The molecule has 6 rings (SSSR count). The second-order valence-electron chi connectivity index (χ2n) is 10.6. The first-order chi connectivity index (χ1) is 19.8. The standard InChI is InChI=1S/C31H29Cl2N5O3/c1-17(2)37-26-15-20(10-12-23(26)29(35-37)31(39)40-4)22-13-11-21(14-18(22)3)41-16-27-28(19-8-9-19)34-36-38(27)30-24(32)6-5-7-25(30)33/h5-7,10-15,17,19H,8-9,16H2,1-4H3. The number of fused-ring (bicyclic) bond motifs is 1. The molecule has 8 nitrogen and oxygen atoms in total. The molecule has 41 heavy (non-hydrogen) atoms. The van der Waals surface area contributed by atoms with Crippen LogP contribution in [0.4, 0.5) is 0 Å². The third kappa shape index (κ3) is 5.06. The first-order valence-electron chi connectivity index (χ1n) is 13.5. The highest BCUT2D eigenvalue weighted by atomic mass is 35.5. The van der Waals surface area contributed by atoms with Crippen LogP contribution in [0.25, 0.3) is 27.7 Å². The van der Waals surface area contributed by atoms with E-state index >= 15 is 0 Å². The molecule has 0 N–H and O–H groups in total. The fourth-order valence-electron chi connectivity index (χ4n) is 5.14. The molecule has 1 fully saturated rings. The van der Waals surface area contributed by atoms with Crippen molar-refractivity contribution in [2.45, 2.75) is 52.2 Å². The lowest BCUT2D eigenvalue weighted by atomic mass is 9.99. The molecule has 1 aliphatic rings. The maximum Gasteiger partial charge on any atom is 0.359 e. The molecule has 0 radical (unpaired) electrons. The largest absolute Gasteiger partial charge is 0.487 e. The van der Waals surface area contributed by atoms with Gasteiger partial charge in [-0.3, -0.25) is 4.68 Å². The molecule has 1 aliphatic carbocycles. The average Bonchev–Trinajstić information content (AvgIpc) is 3.60. The monoisotopic (exact) mass is 589 g/mol. The molecule has 5 aromatic rings. The SMILES string of the molecule is COC(=O)c1nn(C(C)C)c2cc(-c3ccc(OCc4c(C5CC5)nnn4-c4c(Cl)cccc4Cl)cc3C)ccc12. The van der Waals surface area contributed by atoms with Crippen molar-refractivity contribution in [1.82, 2.24) is 24.8 Å². The minimum atomic E-state index is -0.446. The highest BCUT2D eigenvalue weighted by Crippen LogP contribution is 2.42. The summed E-state index contributed by atoms with van der Waals surface area (Å²) in [6.07, 6.45) is 2.16. The molecule has 0 bridgehead atoms. The highest BCUT2D eigenvalue weighted by Gasteiger charge is 2.32. The lowest BCUT2D eigenvalue weighted by Crippen LogP contribution is -2.08. The molecule has 0 aliphatic heterocycles. The maximum absolute atomic E-state index is 12.3. The smallest absolute Gasteiger partial charge is 0.359 e. The Hall–Kier alpha value is -3.88. The summed E-state index contributed by atoms with van der Waals surface area (Å²) in [5.41, 5.74) is 6.70. The predicted molar refractivity (Wildman–Crippen MR) is 159 cm³/mol. The first-order valence-corrected chi connectivity index (χ1v) is 14.3. The molecular formula is C31H29Cl2N5O3. The molecule has 1 saturated carbocycles. The number of hydrogen-bond donors (Lipinski definition) is 0. The van der Waals surface area contributed by atoms with Gasteiger partial charge in [0, 0.05) is 17.3 Å². The number of esters is 1. The number of benzene rings is 3. The van der Waals surface area contributed by atoms with E-state index in [2.05, 4.69) is 28.4 Å². The van der Waals surface area contributed by atoms with Crippen molar-refractivity contribution in [3.05, 3.63) is 87.3 Å². The number of aryl methyl sites for hydroxylation is 1. The van der Waals surface area contributed by atoms with E-state index in [1.54, 1.807) is 22.9 Å². The van der Waals surface area contributed by atoms with Crippen molar-refractivity contribution in [2.75, 3.05) is 7.11 Å². The number of hydrogen-bond acceptors (Lipinski definition) is 6. The van der Waals surface area contributed by atoms with Crippen LogP contribution in [-0.2, 0) is 11.3 Å². The zero-order valence-corrected chi connectivity index (χ0v) is 24.7. The second kappa shape index (κ2) is 10.8. The predicted octanol–water partition coefficient (Wildman–Crippen LogP) is 7.72. The van der Waals surface area contributed by atoms with Crippen molar-refractivity contribution < 1.29 is 14.3 Å². The molecule has 0 atom stereocenters. The Labute approximate surface area is 247 Å². The van der Waals surface area contributed by atoms with Gasteiger partial charge in [0.15, 0.2) is 5.69 Å². The quantitative estimate of drug-likeness (QED) is 0.172. The molecule has 210 valence electrons. The zero-order valence-electron chi connectivity index (χ0n) is 23.2. The molecule has 0 unspecified atom stereocenters. The first kappa shape index (κ1) is 27.3. The van der Waals surface area contributed by atoms with Crippen LogP contribution in [0.5, 0.6) is 5.75 Å². The Morgan fingerprint density at radius 1 is 1.07 bits per heavy atom. The molecule has 0 spiro atoms. The van der Waals surface area contributed by atoms with Crippen LogP contribution in [0, 0.1) is 6.92 Å². The van der Waals surface area contributed by atoms with Crippen LogP contribution in [0.1, 0.15) is 66.1 Å². The summed E-state index contributed by atoms with van der Waals surface area (Å²) in [6.45, 7) is 6.40. The molecule has 3 aromatic carbocycles. The number of ether oxygens (including phenoxy) is 2. The number of methoxy groups -OCH3 is 1. The number of aromatic nitrogens is 5. The molecule has 2 aromatic heterocycles. The maximum atomic E-state index is 12.3. The van der Waals surface area contributed by atoms with Crippen molar-refractivity contribution in [1.29, 1.82) is 0 Å². The van der Waals surface area contributed by atoms with Crippen LogP contribution < -0.4 is 4.74 Å². The van der Waals surface area contributed by atoms with Crippen molar-refractivity contribution in [3.63, 3.8) is 0 Å². The molecule has 10 heteroatoms. The van der Waals surface area contributed by atoms with Crippen LogP contribution >= 0.6 is 23.2 Å². The summed E-state index contributed by atoms with van der Waals surface area (Å²) in [5.74, 6) is 0.659. The average molecular weight is 591 g/mol. The number of carbonyl (C=O) groups is 1. The Morgan fingerprint density at radius 2 is 1.83 bits per heavy atom. The van der Waals surface area contributed by atoms with Crippen molar-refractivity contribution in [2.24, 2.45) is 0 Å². The summed E-state index contributed by atoms with van der Waals surface area (Å²) in [4.78, 5) is 12.3. The summed E-state index contributed by atoms with van der Waals surface area (Å²) >= 11 is 13.0. The number of nitrogens with zero attached hydrogens (tertiary/aromatic N) is 5. The number of halogens is 2. The van der Waals surface area contributed by atoms with E-state index in [1.165, 1.54) is 7.11 Å². The van der Waals surface area contributed by atoms with E-state index in [-0.39, 0.29) is 12.6 Å². The Morgan fingerprint density at radius 3 is 2.49 bits per heavy atom. The van der Waals surface area contributed by atoms with Crippen LogP contribution in [-0.4, -0.2) is 37.9 Å². The topological polar surface area (TPSA) is 84.1 Å². The van der Waals surface area contributed by atoms with Gasteiger partial charge in [-0.05, 0) is 86.7 Å². The van der Waals surface area contributed by atoms with Gasteiger partial charge in [-0.15, -0.1) is 5.10 Å². The van der Waals surface area contributed by atoms with Gasteiger partial charge in [-0.1, -0.05) is 46.6 Å². The lowest BCUT2D eigenvalue weighted by molar-refractivity contribution is 0.0595. The van der Waals surface area contributed by atoms with Gasteiger partial charge >= 0.3 is 5.97 Å². The van der Waals surface area contributed by atoms with Crippen molar-refractivity contribution >= 4 is 40.1 Å². The lowest BCUT2D eigenvalue weighted by Gasteiger charge is -2.14. The number of carbonyl (C=O) groups excluding carboxylic acids is 1. The summed E-state index contributed by atoms with van der Waals surface area (Å²) in [5, 5.41) is 15.2. The Balaban J connectivity index is 1.30. The van der Waals surface area contributed by atoms with Gasteiger partial charge in [-0.2, -0.15) is 5.10 Å². The normalized spacial score (nSPS) is 13.2. The van der Waals surface area contributed by atoms with Gasteiger partial charge < -0.3 is 9.47 Å². The fourth-order valence-corrected chi connectivity index (χ4v) is 5.70. The van der Waals surface area contributed by atoms with Crippen LogP contribution in [0.2, 0.25) is 10.0 Å². The third-order valence-electron chi connectivity index (χ3n) is 7.37. The molecule has 0 amide bonds. The molecular weight excluding hydrogens is 561 g/mol. The Kier molecular flexibility index (Phi) is 7.21. The fraction of sp³-hybridized carbons (Fsp3) is 0.290. The van der Waals surface area contributed by atoms with Crippen molar-refractivity contribution in [3.8, 4) is 22.6 Å². The molecule has 2 heterocycles. The molecule has 0 saturated heterocycles. The van der Waals surface area contributed by atoms with Crippen LogP contribution in [0.3, 0.4) is 0 Å². The van der Waals surface area contributed by atoms with E-state index in [9.17, 15) is 4.79 Å². The zero-order chi connectivity index (χ0) is 28.8. The van der Waals surface area contributed by atoms with E-state index in [0.29, 0.717) is 27.3 Å². The summed E-state index contributed by atoms with van der Waals surface area (Å²) in [7, 11) is 1.37. The van der Waals surface area contributed by atoms with E-state index in [1.807, 2.05) is 48.9 Å². The summed E-state index contributed by atoms with van der Waals surface area (Å²) < 4.78 is 14.8. The van der Waals surface area contributed by atoms with Gasteiger partial charge in [0.1, 0.15) is 23.7 Å². The van der Waals surface area contributed by atoms with Gasteiger partial charge in [0.25, 0.3) is 0 Å². The second-order valence-corrected chi connectivity index (χ2v) is 11.4. The van der Waals surface area contributed by atoms with E-state index in [0.717, 1.165) is 57.6 Å². The summed E-state index contributed by atoms with van der Waals surface area (Å²) in [6, 6.07) is 17.5. The van der Waals surface area contributed by atoms with Gasteiger partial charge in [-0.25, -0.2) is 9.48 Å². The van der Waals surface area contributed by atoms with Gasteiger partial charge in [0.2, 0.25) is 0 Å². The highest BCUT2D eigenvalue weighted by molar-refractivity contribution is 6.37. The van der Waals surface area contributed by atoms with Crippen LogP contribution in [0.15, 0.2) is 54.6 Å². The van der Waals surface area contributed by atoms with E-state index < -0.39 is 5.97 Å². The Bertz CT molecular complexity index is 1770. The third-order valence-corrected chi connectivity index (χ3v) is 7.98. The van der Waals surface area contributed by atoms with E-state index in [4.69, 9.17) is 32.7 Å². The van der Waals surface area contributed by atoms with Gasteiger partial charge in [0.05, 0.1) is 28.4 Å². The number of para-hydroxylation sites is 1. The minimum absolute atomic E-state index is 0.0761.